The third kappa shape index (κ3) is 10.1. The van der Waals surface area contributed by atoms with E-state index in [0.717, 1.165) is 5.56 Å². The second kappa shape index (κ2) is 15.4. The second-order valence-corrected chi connectivity index (χ2v) is 11.5. The molecule has 188 valence electrons. The molecular weight excluding hydrogens is 468 g/mol. The highest BCUT2D eigenvalue weighted by molar-refractivity contribution is 7.72. The number of rotatable bonds is 17. The van der Waals surface area contributed by atoms with Crippen molar-refractivity contribution < 1.29 is 32.0 Å². The van der Waals surface area contributed by atoms with Gasteiger partial charge in [0.2, 0.25) is 11.4 Å². The number of hydrazone groups is 1. The van der Waals surface area contributed by atoms with Gasteiger partial charge in [-0.2, -0.15) is 5.10 Å². The van der Waals surface area contributed by atoms with E-state index in [1.54, 1.807) is 46.0 Å². The van der Waals surface area contributed by atoms with E-state index in [2.05, 4.69) is 10.4 Å². The van der Waals surface area contributed by atoms with E-state index < -0.39 is 26.6 Å². The van der Waals surface area contributed by atoms with Gasteiger partial charge in [-0.05, 0) is 39.7 Å². The first-order valence-corrected chi connectivity index (χ1v) is 14.3. The van der Waals surface area contributed by atoms with Crippen molar-refractivity contribution in [3.8, 4) is 0 Å². The first kappa shape index (κ1) is 29.5. The van der Waals surface area contributed by atoms with Crippen molar-refractivity contribution in [3.05, 3.63) is 35.9 Å². The molecule has 0 aliphatic carbocycles. The highest BCUT2D eigenvalue weighted by Gasteiger charge is 2.51. The fourth-order valence-electron chi connectivity index (χ4n) is 2.85. The van der Waals surface area contributed by atoms with Crippen LogP contribution in [0.4, 0.5) is 0 Å². The van der Waals surface area contributed by atoms with Crippen LogP contribution >= 0.6 is 15.2 Å². The van der Waals surface area contributed by atoms with Gasteiger partial charge < -0.3 is 28.4 Å². The summed E-state index contributed by atoms with van der Waals surface area (Å²) in [5.74, 6) is -0.472. The molecule has 0 bridgehead atoms. The number of nitrogens with one attached hydrogen (secondary N) is 1. The van der Waals surface area contributed by atoms with Crippen LogP contribution in [-0.4, -0.2) is 62.7 Å². The molecule has 0 heterocycles. The summed E-state index contributed by atoms with van der Waals surface area (Å²) in [4.78, 5) is 12.7. The van der Waals surface area contributed by atoms with Gasteiger partial charge in [0.15, 0.2) is 0 Å². The summed E-state index contributed by atoms with van der Waals surface area (Å²) in [6.45, 7) is 7.15. The minimum absolute atomic E-state index is 0.0338. The summed E-state index contributed by atoms with van der Waals surface area (Å²) >= 11 is 0. The zero-order valence-electron chi connectivity index (χ0n) is 20.1. The fourth-order valence-corrected chi connectivity index (χ4v) is 7.80. The topological polar surface area (TPSA) is 116 Å². The van der Waals surface area contributed by atoms with Gasteiger partial charge in [-0.3, -0.25) is 13.9 Å². The lowest BCUT2D eigenvalue weighted by molar-refractivity contribution is -0.121. The van der Waals surface area contributed by atoms with Crippen LogP contribution < -0.4 is 5.32 Å². The van der Waals surface area contributed by atoms with Crippen LogP contribution in [0, 0.1) is 0 Å². The van der Waals surface area contributed by atoms with Gasteiger partial charge in [-0.1, -0.05) is 30.3 Å². The highest BCUT2D eigenvalue weighted by Crippen LogP contribution is 2.69. The molecule has 0 radical (unpaired) electrons. The molecule has 33 heavy (non-hydrogen) atoms. The van der Waals surface area contributed by atoms with Crippen molar-refractivity contribution in [1.29, 1.82) is 0 Å². The third-order valence-electron chi connectivity index (χ3n) is 4.21. The summed E-state index contributed by atoms with van der Waals surface area (Å²) < 4.78 is 48.2. The lowest BCUT2D eigenvalue weighted by Crippen LogP contribution is -2.37. The molecule has 1 aromatic rings. The van der Waals surface area contributed by atoms with E-state index in [1.165, 1.54) is 0 Å². The molecule has 0 aromatic heterocycles. The maximum atomic E-state index is 13.4. The average Bonchev–Trinajstić information content (AvgIpc) is 2.77. The Labute approximate surface area is 197 Å². The predicted molar refractivity (Wildman–Crippen MR) is 130 cm³/mol. The van der Waals surface area contributed by atoms with Gasteiger partial charge in [-0.15, -0.1) is 0 Å². The third-order valence-corrected chi connectivity index (χ3v) is 9.84. The Morgan fingerprint density at radius 1 is 0.970 bits per heavy atom. The monoisotopic (exact) mass is 505 g/mol. The maximum absolute atomic E-state index is 13.4. The Hall–Kier alpha value is -1.54. The molecule has 12 heteroatoms. The molecule has 0 aliphatic heterocycles. The number of benzene rings is 1. The van der Waals surface area contributed by atoms with Gasteiger partial charge in [0, 0.05) is 20.0 Å². The number of carbonyl (C=O) groups is 1. The molecule has 0 spiro atoms. The quantitative estimate of drug-likeness (QED) is 0.185. The predicted octanol–water partition coefficient (Wildman–Crippen LogP) is 4.66. The smallest absolute Gasteiger partial charge is 0.332 e. The molecule has 10 nitrogen and oxygen atoms in total. The van der Waals surface area contributed by atoms with E-state index in [0.29, 0.717) is 13.0 Å². The molecular formula is C21H37N3O7P2. The van der Waals surface area contributed by atoms with Crippen molar-refractivity contribution in [1.82, 2.24) is 10.3 Å². The molecule has 0 unspecified atom stereocenters. The van der Waals surface area contributed by atoms with E-state index in [-0.39, 0.29) is 32.8 Å². The number of carbonyl (C=O) groups excluding carboxylic acids is 1. The molecule has 1 rings (SSSR count). The summed E-state index contributed by atoms with van der Waals surface area (Å²) in [5, 5.41) is 8.60. The number of hydrogen-bond acceptors (Lipinski definition) is 9. The first-order chi connectivity index (χ1) is 15.7. The van der Waals surface area contributed by atoms with Crippen LogP contribution in [0.3, 0.4) is 0 Å². The normalized spacial score (nSPS) is 12.4. The van der Waals surface area contributed by atoms with Crippen LogP contribution in [0.25, 0.3) is 0 Å². The minimum atomic E-state index is -4.04. The van der Waals surface area contributed by atoms with E-state index in [9.17, 15) is 13.9 Å². The second-order valence-electron chi connectivity index (χ2n) is 6.83. The van der Waals surface area contributed by atoms with E-state index >= 15 is 0 Å². The molecule has 1 amide bonds. The van der Waals surface area contributed by atoms with Crippen molar-refractivity contribution in [3.63, 3.8) is 0 Å². The van der Waals surface area contributed by atoms with Crippen LogP contribution in [0.15, 0.2) is 35.4 Å². The van der Waals surface area contributed by atoms with Gasteiger partial charge in [0.05, 0.1) is 32.6 Å². The summed E-state index contributed by atoms with van der Waals surface area (Å²) in [5.41, 5.74) is -0.596. The highest BCUT2D eigenvalue weighted by atomic mass is 31.2. The Balaban J connectivity index is 2.85. The van der Waals surface area contributed by atoms with E-state index in [1.807, 2.05) is 30.3 Å². The van der Waals surface area contributed by atoms with Gasteiger partial charge in [-0.25, -0.2) is 0 Å². The summed E-state index contributed by atoms with van der Waals surface area (Å²) in [6.07, 6.45) is 2.28. The van der Waals surface area contributed by atoms with Gasteiger partial charge in [0.25, 0.3) is 0 Å². The molecule has 0 fully saturated rings. The zero-order chi connectivity index (χ0) is 24.7. The van der Waals surface area contributed by atoms with E-state index in [4.69, 9.17) is 18.1 Å². The number of hydrogen-bond donors (Lipinski definition) is 1. The van der Waals surface area contributed by atoms with Crippen molar-refractivity contribution in [2.24, 2.45) is 5.10 Å². The Bertz CT molecular complexity index is 773. The average molecular weight is 505 g/mol. The standard InChI is InChI=1S/C21H37N3O7P2/c1-6-28-32(26,29-7-2)21(33(27,30-8-3)31-9-4)23-20(25)16-13-17-24(5)22-18-19-14-11-10-12-15-19/h10-12,14-15,18,21H,6-9,13,16-17H2,1-5H3,(H,23,25)/b22-18+. The zero-order valence-corrected chi connectivity index (χ0v) is 21.9. The Morgan fingerprint density at radius 2 is 1.45 bits per heavy atom. The molecule has 0 saturated carbocycles. The maximum Gasteiger partial charge on any atom is 0.365 e. The molecule has 1 N–H and O–H groups in total. The molecule has 1 aromatic carbocycles. The summed E-state index contributed by atoms with van der Waals surface area (Å²) in [7, 11) is -6.28. The SMILES string of the molecule is CCOP(=O)(OCC)C(NC(=O)CCCN(C)/N=C/c1ccccc1)P(=O)(OCC)OCC. The van der Waals surface area contributed by atoms with Crippen LogP contribution in [0.5, 0.6) is 0 Å². The van der Waals surface area contributed by atoms with Gasteiger partial charge in [0.1, 0.15) is 0 Å². The minimum Gasteiger partial charge on any atom is -0.332 e. The molecule has 0 atom stereocenters. The van der Waals surface area contributed by atoms with Crippen molar-refractivity contribution in [2.45, 2.75) is 46.1 Å². The Morgan fingerprint density at radius 3 is 1.91 bits per heavy atom. The fraction of sp³-hybridized carbons (Fsp3) is 0.619. The first-order valence-electron chi connectivity index (χ1n) is 11.1. The van der Waals surface area contributed by atoms with Crippen LogP contribution in [0.2, 0.25) is 0 Å². The van der Waals surface area contributed by atoms with Gasteiger partial charge >= 0.3 is 15.2 Å². The molecule has 0 saturated heterocycles. The Kier molecular flexibility index (Phi) is 13.7. The lowest BCUT2D eigenvalue weighted by atomic mass is 10.2. The lowest BCUT2D eigenvalue weighted by Gasteiger charge is -2.31. The largest absolute Gasteiger partial charge is 0.365 e. The summed E-state index contributed by atoms with van der Waals surface area (Å²) in [6, 6.07) is 9.66. The number of nitrogens with zero attached hydrogens (tertiary/aromatic N) is 2. The number of amides is 1. The van der Waals surface area contributed by atoms with Crippen LogP contribution in [-0.2, 0) is 32.0 Å². The van der Waals surface area contributed by atoms with Crippen molar-refractivity contribution in [2.75, 3.05) is 40.0 Å². The van der Waals surface area contributed by atoms with Crippen molar-refractivity contribution >= 4 is 27.3 Å². The van der Waals surface area contributed by atoms with Crippen LogP contribution in [0.1, 0.15) is 46.1 Å². The molecule has 0 aliphatic rings.